The molecule has 1 saturated heterocycles. The van der Waals surface area contributed by atoms with Crippen LogP contribution in [0.1, 0.15) is 65.7 Å². The molecule has 7 atom stereocenters. The molecule has 5 aliphatic rings. The third kappa shape index (κ3) is 2.49. The average molecular weight is 393 g/mol. The summed E-state index contributed by atoms with van der Waals surface area (Å²) in [6.07, 6.45) is 7.52. The third-order valence-corrected chi connectivity index (χ3v) is 9.72. The van der Waals surface area contributed by atoms with Gasteiger partial charge in [0.15, 0.2) is 11.6 Å². The van der Waals surface area contributed by atoms with E-state index in [2.05, 4.69) is 26.8 Å². The lowest BCUT2D eigenvalue weighted by atomic mass is 9.46. The largest absolute Gasteiger partial charge is 0.387 e. The smallest absolute Gasteiger partial charge is 0.193 e. The number of hydrogen-bond donors (Lipinski definition) is 3. The number of aliphatic hydroxyl groups excluding tert-OH is 1. The van der Waals surface area contributed by atoms with Crippen LogP contribution in [0.15, 0.2) is 11.6 Å². The highest BCUT2D eigenvalue weighted by Crippen LogP contribution is 2.68. The Labute approximate surface area is 168 Å². The first-order valence-corrected chi connectivity index (χ1v) is 11.2. The van der Waals surface area contributed by atoms with E-state index >= 15 is 0 Å². The van der Waals surface area contributed by atoms with Gasteiger partial charge in [-0.2, -0.15) is 0 Å². The number of fused-ring (bicyclic) bond motifs is 5. The number of allylic oxidation sites excluding steroid dienone is 1. The summed E-state index contributed by atoms with van der Waals surface area (Å²) in [6, 6.07) is 0. The van der Waals surface area contributed by atoms with Gasteiger partial charge in [0.1, 0.15) is 6.10 Å². The zero-order valence-electron chi connectivity index (χ0n) is 17.5. The number of ether oxygens (including phenoxy) is 2. The van der Waals surface area contributed by atoms with Crippen molar-refractivity contribution in [1.82, 2.24) is 0 Å². The molecular weight excluding hydrogens is 356 g/mol. The van der Waals surface area contributed by atoms with E-state index in [0.29, 0.717) is 43.3 Å². The van der Waals surface area contributed by atoms with Gasteiger partial charge < -0.3 is 24.8 Å². The molecule has 0 aromatic heterocycles. The van der Waals surface area contributed by atoms with E-state index in [1.54, 1.807) is 0 Å². The Morgan fingerprint density at radius 3 is 2.43 bits per heavy atom. The summed E-state index contributed by atoms with van der Waals surface area (Å²) in [5, 5.41) is 30.8. The minimum absolute atomic E-state index is 0.124. The number of aliphatic hydroxyl groups is 3. The summed E-state index contributed by atoms with van der Waals surface area (Å²) in [5.74, 6) is -0.239. The molecular formula is C23H36O5. The lowest BCUT2D eigenvalue weighted by Gasteiger charge is -2.59. The van der Waals surface area contributed by atoms with E-state index in [-0.39, 0.29) is 17.3 Å². The fraction of sp³-hybridized carbons (Fsp3) is 0.913. The van der Waals surface area contributed by atoms with Crippen LogP contribution in [0.3, 0.4) is 0 Å². The summed E-state index contributed by atoms with van der Waals surface area (Å²) < 4.78 is 12.2. The van der Waals surface area contributed by atoms with Crippen LogP contribution in [0.4, 0.5) is 0 Å². The van der Waals surface area contributed by atoms with Crippen LogP contribution in [0.2, 0.25) is 0 Å². The topological polar surface area (TPSA) is 79.2 Å². The fourth-order valence-electron chi connectivity index (χ4n) is 8.27. The molecule has 158 valence electrons. The van der Waals surface area contributed by atoms with E-state index in [4.69, 9.17) is 9.47 Å². The van der Waals surface area contributed by atoms with Crippen LogP contribution in [0, 0.1) is 34.5 Å². The maximum Gasteiger partial charge on any atom is 0.193 e. The van der Waals surface area contributed by atoms with Gasteiger partial charge in [-0.25, -0.2) is 0 Å². The first-order valence-electron chi connectivity index (χ1n) is 11.2. The van der Waals surface area contributed by atoms with Gasteiger partial charge in [-0.05, 0) is 74.0 Å². The Morgan fingerprint density at radius 1 is 1.00 bits per heavy atom. The molecule has 5 heteroatoms. The van der Waals surface area contributed by atoms with Crippen molar-refractivity contribution in [3.8, 4) is 0 Å². The van der Waals surface area contributed by atoms with Crippen molar-refractivity contribution in [3.63, 3.8) is 0 Å². The lowest BCUT2D eigenvalue weighted by Crippen LogP contribution is -2.57. The van der Waals surface area contributed by atoms with Gasteiger partial charge in [0.25, 0.3) is 0 Å². The van der Waals surface area contributed by atoms with Gasteiger partial charge in [-0.3, -0.25) is 0 Å². The summed E-state index contributed by atoms with van der Waals surface area (Å²) in [6.45, 7) is 8.27. The zero-order valence-corrected chi connectivity index (χ0v) is 17.5. The summed E-state index contributed by atoms with van der Waals surface area (Å²) in [5.41, 5.74) is 1.25. The van der Waals surface area contributed by atoms with Crippen molar-refractivity contribution >= 4 is 0 Å². The number of rotatable bonds is 1. The molecule has 5 rings (SSSR count). The van der Waals surface area contributed by atoms with E-state index in [0.717, 1.165) is 31.3 Å². The third-order valence-electron chi connectivity index (χ3n) is 9.72. The predicted octanol–water partition coefficient (Wildman–Crippen LogP) is 2.98. The molecule has 3 saturated carbocycles. The van der Waals surface area contributed by atoms with E-state index in [1.807, 2.05) is 0 Å². The molecule has 1 unspecified atom stereocenters. The molecule has 1 aliphatic heterocycles. The second kappa shape index (κ2) is 6.04. The van der Waals surface area contributed by atoms with Crippen LogP contribution in [-0.2, 0) is 9.47 Å². The highest BCUT2D eigenvalue weighted by atomic mass is 16.7. The molecule has 4 aliphatic carbocycles. The van der Waals surface area contributed by atoms with Gasteiger partial charge in [-0.15, -0.1) is 0 Å². The molecule has 4 fully saturated rings. The van der Waals surface area contributed by atoms with Crippen molar-refractivity contribution in [2.24, 2.45) is 34.5 Å². The van der Waals surface area contributed by atoms with Crippen molar-refractivity contribution in [2.75, 3.05) is 13.2 Å². The van der Waals surface area contributed by atoms with Gasteiger partial charge in [-0.1, -0.05) is 25.5 Å². The van der Waals surface area contributed by atoms with Crippen molar-refractivity contribution in [3.05, 3.63) is 11.6 Å². The van der Waals surface area contributed by atoms with Crippen molar-refractivity contribution < 1.29 is 24.8 Å². The second-order valence-corrected chi connectivity index (χ2v) is 10.9. The lowest BCUT2D eigenvalue weighted by molar-refractivity contribution is -0.250. The quantitative estimate of drug-likeness (QED) is 0.472. The molecule has 0 bridgehead atoms. The average Bonchev–Trinajstić information content (AvgIpc) is 3.20. The van der Waals surface area contributed by atoms with E-state index < -0.39 is 17.7 Å². The Hall–Kier alpha value is -0.460. The fourth-order valence-corrected chi connectivity index (χ4v) is 8.27. The van der Waals surface area contributed by atoms with E-state index in [1.165, 1.54) is 6.42 Å². The van der Waals surface area contributed by atoms with Crippen LogP contribution in [0.25, 0.3) is 0 Å². The first kappa shape index (κ1) is 19.5. The predicted molar refractivity (Wildman–Crippen MR) is 104 cm³/mol. The zero-order chi connectivity index (χ0) is 19.9. The molecule has 0 aromatic rings. The van der Waals surface area contributed by atoms with Crippen molar-refractivity contribution in [2.45, 2.75) is 83.4 Å². The Morgan fingerprint density at radius 2 is 1.71 bits per heavy atom. The maximum absolute atomic E-state index is 10.4. The Balaban J connectivity index is 1.45. The minimum Gasteiger partial charge on any atom is -0.387 e. The Kier molecular flexibility index (Phi) is 4.21. The highest BCUT2D eigenvalue weighted by molar-refractivity contribution is 5.27. The van der Waals surface area contributed by atoms with Gasteiger partial charge in [0.05, 0.1) is 13.2 Å². The maximum atomic E-state index is 10.4. The molecule has 0 amide bonds. The molecule has 1 heterocycles. The van der Waals surface area contributed by atoms with Gasteiger partial charge in [0.2, 0.25) is 0 Å². The van der Waals surface area contributed by atoms with Crippen LogP contribution >= 0.6 is 0 Å². The Bertz CT molecular complexity index is 680. The minimum atomic E-state index is -1.98. The molecule has 0 aromatic carbocycles. The molecule has 3 N–H and O–H groups in total. The van der Waals surface area contributed by atoms with Crippen molar-refractivity contribution in [1.29, 1.82) is 0 Å². The van der Waals surface area contributed by atoms with Crippen LogP contribution in [-0.4, -0.2) is 46.2 Å². The van der Waals surface area contributed by atoms with Crippen LogP contribution in [0.5, 0.6) is 0 Å². The summed E-state index contributed by atoms with van der Waals surface area (Å²) in [4.78, 5) is 0. The summed E-state index contributed by atoms with van der Waals surface area (Å²) in [7, 11) is 0. The molecule has 5 nitrogen and oxygen atoms in total. The number of hydrogen-bond acceptors (Lipinski definition) is 5. The van der Waals surface area contributed by atoms with Gasteiger partial charge >= 0.3 is 0 Å². The highest BCUT2D eigenvalue weighted by Gasteiger charge is 2.64. The molecule has 0 spiro atoms. The van der Waals surface area contributed by atoms with E-state index in [9.17, 15) is 15.3 Å². The normalized spacial score (nSPS) is 51.8. The molecule has 0 radical (unpaired) electrons. The standard InChI is InChI=1S/C23H36O5/c1-20-9-8-17-15(16(20)6-7-18(20)22(3)27-10-11-28-22)5-4-14-12-23(25,26)19(24)13-21(14,17)2/h4,15-19,24-26H,5-13H2,1-3H3/t15-,16-,17-,18-,19?,20-,21-/m0/s1. The monoisotopic (exact) mass is 392 g/mol. The molecule has 28 heavy (non-hydrogen) atoms. The first-order chi connectivity index (χ1) is 13.1. The SMILES string of the molecule is CC1([C@H]2CC[C@H]3[C@@H]4CC=C5CC(O)(O)C(O)C[C@]5(C)[C@H]4CC[C@]23C)OCCO1. The second-order valence-electron chi connectivity index (χ2n) is 10.9. The van der Waals surface area contributed by atoms with Gasteiger partial charge in [0, 0.05) is 12.3 Å². The van der Waals surface area contributed by atoms with Crippen LogP contribution < -0.4 is 0 Å². The summed E-state index contributed by atoms with van der Waals surface area (Å²) >= 11 is 0.